The number of carbonyl (C=O) groups excluding carboxylic acids is 1. The highest BCUT2D eigenvalue weighted by Gasteiger charge is 2.34. The van der Waals surface area contributed by atoms with Gasteiger partial charge in [-0.05, 0) is 64.7 Å². The predicted octanol–water partition coefficient (Wildman–Crippen LogP) is 4.63. The Bertz CT molecular complexity index is 1180. The maximum Gasteiger partial charge on any atom is 0.415 e. The molecule has 0 unspecified atom stereocenters. The van der Waals surface area contributed by atoms with Gasteiger partial charge in [-0.25, -0.2) is 9.78 Å². The molecule has 3 aromatic rings. The Hall–Kier alpha value is -3.15. The summed E-state index contributed by atoms with van der Waals surface area (Å²) in [5.74, 6) is 0. The monoisotopic (exact) mass is 419 g/mol. The third-order valence-corrected chi connectivity index (χ3v) is 5.68. The molecule has 1 amide bonds. The van der Waals surface area contributed by atoms with Gasteiger partial charge in [-0.3, -0.25) is 9.69 Å². The number of fused-ring (bicyclic) bond motifs is 2. The number of carbonyl (C=O) groups is 1. The molecule has 6 nitrogen and oxygen atoms in total. The Morgan fingerprint density at radius 2 is 1.87 bits per heavy atom. The number of ether oxygens (including phenoxy) is 1. The normalized spacial score (nSPS) is 14.0. The lowest BCUT2D eigenvalue weighted by Crippen LogP contribution is -2.44. The number of amides is 1. The molecule has 1 aliphatic carbocycles. The first-order chi connectivity index (χ1) is 14.7. The molecule has 2 aromatic heterocycles. The first-order valence-corrected chi connectivity index (χ1v) is 10.8. The highest BCUT2D eigenvalue weighted by Crippen LogP contribution is 2.31. The summed E-state index contributed by atoms with van der Waals surface area (Å²) in [6, 6.07) is 9.94. The van der Waals surface area contributed by atoms with Crippen LogP contribution in [0.2, 0.25) is 0 Å². The topological polar surface area (TPSA) is 64.4 Å². The summed E-state index contributed by atoms with van der Waals surface area (Å²) < 4.78 is 7.71. The summed E-state index contributed by atoms with van der Waals surface area (Å²) >= 11 is 0. The van der Waals surface area contributed by atoms with Crippen molar-refractivity contribution in [2.45, 2.75) is 65.6 Å². The zero-order chi connectivity index (χ0) is 22.3. The van der Waals surface area contributed by atoms with Crippen LogP contribution in [0.15, 0.2) is 47.5 Å². The largest absolute Gasteiger partial charge is 0.443 e. The number of benzene rings is 1. The van der Waals surface area contributed by atoms with E-state index < -0.39 is 11.7 Å². The Morgan fingerprint density at radius 3 is 2.45 bits per heavy atom. The van der Waals surface area contributed by atoms with Crippen molar-refractivity contribution in [1.29, 1.82) is 0 Å². The Kier molecular flexibility index (Phi) is 5.33. The molecule has 4 rings (SSSR count). The molecule has 0 saturated heterocycles. The molecule has 162 valence electrons. The third-order valence-electron chi connectivity index (χ3n) is 5.68. The van der Waals surface area contributed by atoms with Gasteiger partial charge in [-0.1, -0.05) is 24.3 Å². The van der Waals surface area contributed by atoms with Gasteiger partial charge in [-0.2, -0.15) is 0 Å². The Balaban J connectivity index is 1.82. The van der Waals surface area contributed by atoms with E-state index in [9.17, 15) is 9.59 Å². The maximum absolute atomic E-state index is 13.3. The zero-order valence-electron chi connectivity index (χ0n) is 18.8. The summed E-state index contributed by atoms with van der Waals surface area (Å²) in [7, 11) is 0. The minimum atomic E-state index is -0.628. The van der Waals surface area contributed by atoms with E-state index in [1.807, 2.05) is 50.6 Å². The Morgan fingerprint density at radius 1 is 1.23 bits per heavy atom. The van der Waals surface area contributed by atoms with Crippen LogP contribution in [0.1, 0.15) is 44.4 Å². The highest BCUT2D eigenvalue weighted by atomic mass is 16.6. The molecule has 1 aliphatic rings. The van der Waals surface area contributed by atoms with Crippen LogP contribution in [0.5, 0.6) is 0 Å². The smallest absolute Gasteiger partial charge is 0.415 e. The first-order valence-electron chi connectivity index (χ1n) is 10.8. The number of rotatable bonds is 3. The van der Waals surface area contributed by atoms with Gasteiger partial charge in [-0.15, -0.1) is 0 Å². The van der Waals surface area contributed by atoms with Crippen molar-refractivity contribution in [1.82, 2.24) is 9.55 Å². The van der Waals surface area contributed by atoms with Gasteiger partial charge in [0.2, 0.25) is 0 Å². The lowest BCUT2D eigenvalue weighted by Gasteiger charge is -2.31. The van der Waals surface area contributed by atoms with E-state index in [1.54, 1.807) is 24.1 Å². The van der Waals surface area contributed by atoms with Crippen molar-refractivity contribution >= 4 is 22.8 Å². The molecule has 1 aromatic carbocycles. The first kappa shape index (κ1) is 21.1. The minimum Gasteiger partial charge on any atom is -0.443 e. The standard InChI is InChI=1S/C25H29N3O3/c1-6-27-15-16(2)22(29)21-13-20(14-26-23(21)27)28(24(30)31-25(3,4)5)19-11-17-9-7-8-10-18(17)12-19/h7-10,13-15,19H,6,11-12H2,1-5H3. The van der Waals surface area contributed by atoms with Crippen molar-refractivity contribution in [3.05, 3.63) is 69.6 Å². The van der Waals surface area contributed by atoms with Gasteiger partial charge in [0.25, 0.3) is 0 Å². The maximum atomic E-state index is 13.3. The minimum absolute atomic E-state index is 0.0621. The van der Waals surface area contributed by atoms with Crippen LogP contribution in [0.3, 0.4) is 0 Å². The third kappa shape index (κ3) is 4.07. The number of nitrogens with zero attached hydrogens (tertiary/aromatic N) is 3. The van der Waals surface area contributed by atoms with Gasteiger partial charge in [0, 0.05) is 24.3 Å². The highest BCUT2D eigenvalue weighted by molar-refractivity contribution is 5.91. The summed E-state index contributed by atoms with van der Waals surface area (Å²) in [6.07, 6.45) is 4.56. The summed E-state index contributed by atoms with van der Waals surface area (Å²) in [4.78, 5) is 32.4. The lowest BCUT2D eigenvalue weighted by molar-refractivity contribution is 0.0566. The van der Waals surface area contributed by atoms with Crippen molar-refractivity contribution in [3.8, 4) is 0 Å². The van der Waals surface area contributed by atoms with Gasteiger partial charge >= 0.3 is 6.09 Å². The quantitative estimate of drug-likeness (QED) is 0.621. The molecule has 0 aliphatic heterocycles. The molecule has 2 heterocycles. The van der Waals surface area contributed by atoms with Gasteiger partial charge in [0.1, 0.15) is 11.2 Å². The van der Waals surface area contributed by atoms with E-state index in [0.717, 1.165) is 12.8 Å². The second-order valence-corrected chi connectivity index (χ2v) is 9.17. The molecule has 0 radical (unpaired) electrons. The number of aryl methyl sites for hydroxylation is 2. The second-order valence-electron chi connectivity index (χ2n) is 9.17. The molecule has 0 bridgehead atoms. The van der Waals surface area contributed by atoms with Crippen LogP contribution in [0.4, 0.5) is 10.5 Å². The zero-order valence-corrected chi connectivity index (χ0v) is 18.8. The number of hydrogen-bond acceptors (Lipinski definition) is 4. The van der Waals surface area contributed by atoms with Crippen molar-refractivity contribution in [3.63, 3.8) is 0 Å². The molecule has 0 fully saturated rings. The molecular weight excluding hydrogens is 390 g/mol. The van der Waals surface area contributed by atoms with Crippen LogP contribution in [-0.4, -0.2) is 27.3 Å². The molecule has 0 atom stereocenters. The fourth-order valence-corrected chi connectivity index (χ4v) is 4.28. The van der Waals surface area contributed by atoms with Gasteiger partial charge in [0.05, 0.1) is 17.3 Å². The van der Waals surface area contributed by atoms with Gasteiger partial charge < -0.3 is 9.30 Å². The second kappa shape index (κ2) is 7.84. The molecule has 0 spiro atoms. The fraction of sp³-hybridized carbons (Fsp3) is 0.400. The van der Waals surface area contributed by atoms with Crippen molar-refractivity contribution in [2.24, 2.45) is 0 Å². The van der Waals surface area contributed by atoms with Crippen molar-refractivity contribution < 1.29 is 9.53 Å². The van der Waals surface area contributed by atoms with Crippen LogP contribution in [0.25, 0.3) is 11.0 Å². The molecule has 6 heteroatoms. The van der Waals surface area contributed by atoms with E-state index in [-0.39, 0.29) is 11.5 Å². The van der Waals surface area contributed by atoms with Crippen LogP contribution in [0, 0.1) is 6.92 Å². The lowest BCUT2D eigenvalue weighted by atomic mass is 10.1. The van der Waals surface area contributed by atoms with Crippen LogP contribution < -0.4 is 10.3 Å². The summed E-state index contributed by atoms with van der Waals surface area (Å²) in [5.41, 5.74) is 3.65. The van der Waals surface area contributed by atoms with E-state index >= 15 is 0 Å². The van der Waals surface area contributed by atoms with Gasteiger partial charge in [0.15, 0.2) is 5.43 Å². The number of aromatic nitrogens is 2. The van der Waals surface area contributed by atoms with Crippen LogP contribution in [-0.2, 0) is 24.1 Å². The number of anilines is 1. The molecular formula is C25H29N3O3. The van der Waals surface area contributed by atoms with E-state index in [0.29, 0.717) is 28.8 Å². The van der Waals surface area contributed by atoms with Crippen LogP contribution >= 0.6 is 0 Å². The van der Waals surface area contributed by atoms with E-state index in [1.165, 1.54) is 11.1 Å². The van der Waals surface area contributed by atoms with E-state index in [4.69, 9.17) is 4.74 Å². The average molecular weight is 420 g/mol. The molecule has 31 heavy (non-hydrogen) atoms. The number of pyridine rings is 2. The summed E-state index contributed by atoms with van der Waals surface area (Å²) in [6.45, 7) is 10.1. The average Bonchev–Trinajstić information content (AvgIpc) is 3.13. The molecule has 0 N–H and O–H groups in total. The predicted molar refractivity (Wildman–Crippen MR) is 123 cm³/mol. The molecule has 0 saturated carbocycles. The van der Waals surface area contributed by atoms with E-state index in [2.05, 4.69) is 17.1 Å². The summed E-state index contributed by atoms with van der Waals surface area (Å²) in [5, 5.41) is 0.517. The number of hydrogen-bond donors (Lipinski definition) is 0. The Labute approximate surface area is 182 Å². The fourth-order valence-electron chi connectivity index (χ4n) is 4.28. The SMILES string of the molecule is CCn1cc(C)c(=O)c2cc(N(C(=O)OC(C)(C)C)C3Cc4ccccc4C3)cnc21. The van der Waals surface area contributed by atoms with Crippen molar-refractivity contribution in [2.75, 3.05) is 4.90 Å².